The lowest BCUT2D eigenvalue weighted by Crippen LogP contribution is -2.31. The van der Waals surface area contributed by atoms with E-state index >= 15 is 0 Å². The van der Waals surface area contributed by atoms with Crippen LogP contribution < -0.4 is 4.90 Å². The summed E-state index contributed by atoms with van der Waals surface area (Å²) in [5.74, 6) is 0.512. The molecule has 0 N–H and O–H groups in total. The van der Waals surface area contributed by atoms with Crippen molar-refractivity contribution in [2.75, 3.05) is 11.9 Å². The summed E-state index contributed by atoms with van der Waals surface area (Å²) < 4.78 is 5.37. The van der Waals surface area contributed by atoms with Crippen LogP contribution in [-0.2, 0) is 4.74 Å². The van der Waals surface area contributed by atoms with E-state index in [9.17, 15) is 4.79 Å². The molecule has 2 aromatic carbocycles. The van der Waals surface area contributed by atoms with Gasteiger partial charge in [-0.3, -0.25) is 4.90 Å². The van der Waals surface area contributed by atoms with Gasteiger partial charge in [0.05, 0.1) is 17.3 Å². The molecule has 0 aromatic heterocycles. The molecule has 0 bridgehead atoms. The summed E-state index contributed by atoms with van der Waals surface area (Å²) in [5, 5.41) is 8.80. The molecule has 4 heteroatoms. The second kappa shape index (κ2) is 5.14. The van der Waals surface area contributed by atoms with Crippen molar-refractivity contribution < 1.29 is 9.53 Å². The highest BCUT2D eigenvalue weighted by molar-refractivity contribution is 6.01. The van der Waals surface area contributed by atoms with E-state index in [0.717, 1.165) is 16.8 Å². The topological polar surface area (TPSA) is 53.3 Å². The first-order valence-corrected chi connectivity index (χ1v) is 6.46. The Bertz CT molecular complexity index is 770. The Morgan fingerprint density at radius 3 is 2.57 bits per heavy atom. The first-order valence-electron chi connectivity index (χ1n) is 6.46. The van der Waals surface area contributed by atoms with Crippen LogP contribution in [-0.4, -0.2) is 13.1 Å². The van der Waals surface area contributed by atoms with Gasteiger partial charge in [0.25, 0.3) is 0 Å². The zero-order chi connectivity index (χ0) is 14.8. The van der Waals surface area contributed by atoms with Gasteiger partial charge >= 0.3 is 6.09 Å². The normalized spacial score (nSPS) is 15.3. The van der Waals surface area contributed by atoms with Crippen LogP contribution in [0, 0.1) is 11.3 Å². The van der Waals surface area contributed by atoms with Crippen LogP contribution in [0.5, 0.6) is 0 Å². The molecule has 0 saturated carbocycles. The molecule has 1 aliphatic rings. The van der Waals surface area contributed by atoms with Crippen LogP contribution in [0.3, 0.4) is 0 Å². The number of nitriles is 1. The second-order valence-corrected chi connectivity index (χ2v) is 4.69. The van der Waals surface area contributed by atoms with E-state index in [1.165, 1.54) is 4.90 Å². The molecule has 102 valence electrons. The SMILES string of the molecule is CN1C(=O)O/C(=C\c2ccc(C#N)cc2)c2ccccc21. The van der Waals surface area contributed by atoms with E-state index < -0.39 is 6.09 Å². The zero-order valence-corrected chi connectivity index (χ0v) is 11.4. The van der Waals surface area contributed by atoms with Crippen molar-refractivity contribution in [3.8, 4) is 6.07 Å². The molecule has 21 heavy (non-hydrogen) atoms. The number of carbonyl (C=O) groups is 1. The molecule has 1 amide bonds. The number of benzene rings is 2. The molecule has 3 rings (SSSR count). The third kappa shape index (κ3) is 2.37. The van der Waals surface area contributed by atoms with E-state index in [1.54, 1.807) is 25.3 Å². The minimum absolute atomic E-state index is 0.409. The van der Waals surface area contributed by atoms with Crippen LogP contribution in [0.15, 0.2) is 48.5 Å². The number of hydrogen-bond donors (Lipinski definition) is 0. The summed E-state index contributed by atoms with van der Waals surface area (Å²) in [6, 6.07) is 16.7. The first kappa shape index (κ1) is 12.9. The summed E-state index contributed by atoms with van der Waals surface area (Å²) in [6.07, 6.45) is 1.39. The largest absolute Gasteiger partial charge is 0.419 e. The van der Waals surface area contributed by atoms with Gasteiger partial charge in [-0.15, -0.1) is 0 Å². The fourth-order valence-electron chi connectivity index (χ4n) is 2.20. The summed E-state index contributed by atoms with van der Waals surface area (Å²) in [7, 11) is 1.68. The highest BCUT2D eigenvalue weighted by Crippen LogP contribution is 2.33. The molecule has 0 spiro atoms. The molecule has 0 saturated heterocycles. The van der Waals surface area contributed by atoms with Crippen molar-refractivity contribution in [3.05, 3.63) is 65.2 Å². The first-order chi connectivity index (χ1) is 10.2. The average Bonchev–Trinajstić information content (AvgIpc) is 2.53. The number of amides is 1. The van der Waals surface area contributed by atoms with E-state index in [0.29, 0.717) is 11.3 Å². The molecular formula is C17H12N2O2. The minimum Gasteiger partial charge on any atom is -0.409 e. The molecule has 0 fully saturated rings. The van der Waals surface area contributed by atoms with Crippen LogP contribution in [0.25, 0.3) is 11.8 Å². The number of ether oxygens (including phenoxy) is 1. The van der Waals surface area contributed by atoms with Crippen LogP contribution in [0.1, 0.15) is 16.7 Å². The lowest BCUT2D eigenvalue weighted by Gasteiger charge is -2.26. The average molecular weight is 276 g/mol. The highest BCUT2D eigenvalue weighted by Gasteiger charge is 2.25. The number of rotatable bonds is 1. The van der Waals surface area contributed by atoms with Crippen molar-refractivity contribution in [1.82, 2.24) is 0 Å². The van der Waals surface area contributed by atoms with Gasteiger partial charge in [-0.2, -0.15) is 5.26 Å². The lowest BCUT2D eigenvalue weighted by molar-refractivity contribution is 0.199. The minimum atomic E-state index is -0.409. The standard InChI is InChI=1S/C17H12N2O2/c1-19-15-5-3-2-4-14(15)16(21-17(19)20)10-12-6-8-13(11-18)9-7-12/h2-10H,1H3/b16-10-. The quantitative estimate of drug-likeness (QED) is 0.799. The Morgan fingerprint density at radius 1 is 1.14 bits per heavy atom. The van der Waals surface area contributed by atoms with Crippen molar-refractivity contribution >= 4 is 23.6 Å². The number of cyclic esters (lactones) is 1. The predicted octanol–water partition coefficient (Wildman–Crippen LogP) is 3.64. The maximum absolute atomic E-state index is 11.9. The van der Waals surface area contributed by atoms with E-state index in [-0.39, 0.29) is 0 Å². The third-order valence-corrected chi connectivity index (χ3v) is 3.34. The van der Waals surface area contributed by atoms with Crippen LogP contribution in [0.2, 0.25) is 0 Å². The van der Waals surface area contributed by atoms with Crippen LogP contribution in [0.4, 0.5) is 10.5 Å². The maximum atomic E-state index is 11.9. The van der Waals surface area contributed by atoms with Crippen LogP contribution >= 0.6 is 0 Å². The highest BCUT2D eigenvalue weighted by atomic mass is 16.6. The Morgan fingerprint density at radius 2 is 1.86 bits per heavy atom. The van der Waals surface area contributed by atoms with Gasteiger partial charge in [-0.1, -0.05) is 24.3 Å². The summed E-state index contributed by atoms with van der Waals surface area (Å²) >= 11 is 0. The summed E-state index contributed by atoms with van der Waals surface area (Å²) in [5.41, 5.74) is 3.15. The second-order valence-electron chi connectivity index (χ2n) is 4.69. The maximum Gasteiger partial charge on any atom is 0.419 e. The molecular weight excluding hydrogens is 264 g/mol. The molecule has 4 nitrogen and oxygen atoms in total. The Balaban J connectivity index is 2.05. The molecule has 0 atom stereocenters. The third-order valence-electron chi connectivity index (χ3n) is 3.34. The lowest BCUT2D eigenvalue weighted by atomic mass is 10.1. The van der Waals surface area contributed by atoms with Gasteiger partial charge in [0, 0.05) is 12.6 Å². The molecule has 0 aliphatic carbocycles. The Labute approximate surface area is 122 Å². The molecule has 0 radical (unpaired) electrons. The Kier molecular flexibility index (Phi) is 3.17. The van der Waals surface area contributed by atoms with Gasteiger partial charge in [-0.05, 0) is 35.9 Å². The van der Waals surface area contributed by atoms with Crippen molar-refractivity contribution in [2.45, 2.75) is 0 Å². The fourth-order valence-corrected chi connectivity index (χ4v) is 2.20. The van der Waals surface area contributed by atoms with Gasteiger partial charge in [0.15, 0.2) is 0 Å². The molecule has 2 aromatic rings. The van der Waals surface area contributed by atoms with Gasteiger partial charge in [0.2, 0.25) is 0 Å². The van der Waals surface area contributed by atoms with E-state index in [4.69, 9.17) is 10.00 Å². The number of para-hydroxylation sites is 1. The molecule has 1 aliphatic heterocycles. The molecule has 1 heterocycles. The monoisotopic (exact) mass is 276 g/mol. The predicted molar refractivity (Wildman–Crippen MR) is 80.4 cm³/mol. The summed E-state index contributed by atoms with van der Waals surface area (Å²) in [4.78, 5) is 13.4. The van der Waals surface area contributed by atoms with E-state index in [2.05, 4.69) is 6.07 Å². The van der Waals surface area contributed by atoms with Gasteiger partial charge in [0.1, 0.15) is 5.76 Å². The van der Waals surface area contributed by atoms with E-state index in [1.807, 2.05) is 36.4 Å². The van der Waals surface area contributed by atoms with Crippen molar-refractivity contribution in [2.24, 2.45) is 0 Å². The number of fused-ring (bicyclic) bond motifs is 1. The Hall–Kier alpha value is -3.06. The number of carbonyl (C=O) groups excluding carboxylic acids is 1. The smallest absolute Gasteiger partial charge is 0.409 e. The number of hydrogen-bond acceptors (Lipinski definition) is 3. The van der Waals surface area contributed by atoms with Gasteiger partial charge in [-0.25, -0.2) is 4.79 Å². The fraction of sp³-hybridized carbons (Fsp3) is 0.0588. The number of anilines is 1. The summed E-state index contributed by atoms with van der Waals surface area (Å²) in [6.45, 7) is 0. The van der Waals surface area contributed by atoms with Gasteiger partial charge < -0.3 is 4.74 Å². The number of nitrogens with zero attached hydrogens (tertiary/aromatic N) is 2. The van der Waals surface area contributed by atoms with Crippen molar-refractivity contribution in [3.63, 3.8) is 0 Å². The zero-order valence-electron chi connectivity index (χ0n) is 11.4. The molecule has 0 unspecified atom stereocenters. The van der Waals surface area contributed by atoms with Crippen molar-refractivity contribution in [1.29, 1.82) is 5.26 Å².